The van der Waals surface area contributed by atoms with Crippen molar-refractivity contribution in [2.75, 3.05) is 6.54 Å². The Bertz CT molecular complexity index is 1140. The standard InChI is InChI=1S/C27H32BrClFN3O2/c1-27(2,3)35-26(34)31-14-8-6-4-5-7-9-18-15-20(11-13-22(18)29)25-32-17-24(33-25)19-10-12-21(28)23(30)16-19/h10-13,15-17H,4-9,14H2,1-3H3,(H,31,34)(H,32,33). The number of imidazole rings is 1. The summed E-state index contributed by atoms with van der Waals surface area (Å²) in [5, 5.41) is 3.54. The monoisotopic (exact) mass is 563 g/mol. The van der Waals surface area contributed by atoms with E-state index in [1.54, 1.807) is 12.3 Å². The first-order valence-corrected chi connectivity index (χ1v) is 13.1. The Morgan fingerprint density at radius 3 is 2.54 bits per heavy atom. The van der Waals surface area contributed by atoms with Gasteiger partial charge in [-0.15, -0.1) is 0 Å². The van der Waals surface area contributed by atoms with Gasteiger partial charge in [0, 0.05) is 22.7 Å². The molecule has 0 aliphatic heterocycles. The van der Waals surface area contributed by atoms with Crippen LogP contribution in [0.5, 0.6) is 0 Å². The number of nitrogens with one attached hydrogen (secondary N) is 2. The van der Waals surface area contributed by atoms with Gasteiger partial charge in [-0.2, -0.15) is 0 Å². The number of aromatic nitrogens is 2. The van der Waals surface area contributed by atoms with Gasteiger partial charge < -0.3 is 15.0 Å². The summed E-state index contributed by atoms with van der Waals surface area (Å²) in [6, 6.07) is 10.9. The second-order valence-electron chi connectivity index (χ2n) is 9.53. The van der Waals surface area contributed by atoms with Crippen LogP contribution in [0.3, 0.4) is 0 Å². The molecule has 0 radical (unpaired) electrons. The first kappa shape index (κ1) is 27.2. The number of alkyl carbamates (subject to hydrolysis) is 1. The van der Waals surface area contributed by atoms with E-state index in [9.17, 15) is 9.18 Å². The Balaban J connectivity index is 1.45. The normalized spacial score (nSPS) is 11.5. The topological polar surface area (TPSA) is 67.0 Å². The summed E-state index contributed by atoms with van der Waals surface area (Å²) in [7, 11) is 0. The average molecular weight is 565 g/mol. The zero-order valence-electron chi connectivity index (χ0n) is 20.4. The van der Waals surface area contributed by atoms with Crippen LogP contribution in [0.1, 0.15) is 58.4 Å². The van der Waals surface area contributed by atoms with Gasteiger partial charge in [0.2, 0.25) is 0 Å². The number of benzene rings is 2. The van der Waals surface area contributed by atoms with Gasteiger partial charge in [-0.05, 0) is 91.9 Å². The first-order valence-electron chi connectivity index (χ1n) is 11.9. The lowest BCUT2D eigenvalue weighted by Crippen LogP contribution is -2.32. The van der Waals surface area contributed by atoms with Gasteiger partial charge in [0.25, 0.3) is 0 Å². The lowest BCUT2D eigenvalue weighted by atomic mass is 10.0. The molecule has 5 nitrogen and oxygen atoms in total. The van der Waals surface area contributed by atoms with Gasteiger partial charge in [-0.3, -0.25) is 0 Å². The largest absolute Gasteiger partial charge is 0.444 e. The van der Waals surface area contributed by atoms with Crippen LogP contribution in [0.4, 0.5) is 9.18 Å². The van der Waals surface area contributed by atoms with E-state index < -0.39 is 5.60 Å². The lowest BCUT2D eigenvalue weighted by Gasteiger charge is -2.19. The molecule has 8 heteroatoms. The molecule has 1 aromatic heterocycles. The van der Waals surface area contributed by atoms with Crippen molar-refractivity contribution in [2.45, 2.75) is 64.9 Å². The fourth-order valence-electron chi connectivity index (χ4n) is 3.67. The number of amides is 1. The quantitative estimate of drug-likeness (QED) is 0.243. The summed E-state index contributed by atoms with van der Waals surface area (Å²) in [4.78, 5) is 19.4. The fraction of sp³-hybridized carbons (Fsp3) is 0.407. The Hall–Kier alpha value is -2.38. The van der Waals surface area contributed by atoms with Crippen LogP contribution in [0, 0.1) is 5.82 Å². The third-order valence-corrected chi connectivity index (χ3v) is 6.43. The Morgan fingerprint density at radius 2 is 1.80 bits per heavy atom. The second-order valence-corrected chi connectivity index (χ2v) is 10.8. The van der Waals surface area contributed by atoms with E-state index in [4.69, 9.17) is 16.3 Å². The molecule has 0 saturated carbocycles. The molecule has 1 amide bonds. The number of rotatable bonds is 10. The highest BCUT2D eigenvalue weighted by molar-refractivity contribution is 9.10. The van der Waals surface area contributed by atoms with Crippen LogP contribution in [0.15, 0.2) is 47.1 Å². The molecule has 0 aliphatic rings. The van der Waals surface area contributed by atoms with Gasteiger partial charge in [0.1, 0.15) is 17.2 Å². The molecule has 2 aromatic carbocycles. The molecular weight excluding hydrogens is 533 g/mol. The van der Waals surface area contributed by atoms with Crippen molar-refractivity contribution < 1.29 is 13.9 Å². The third-order valence-electron chi connectivity index (χ3n) is 5.42. The smallest absolute Gasteiger partial charge is 0.407 e. The van der Waals surface area contributed by atoms with E-state index in [-0.39, 0.29) is 11.9 Å². The molecular formula is C27H32BrClFN3O2. The predicted octanol–water partition coefficient (Wildman–Crippen LogP) is 8.32. The minimum atomic E-state index is -0.471. The van der Waals surface area contributed by atoms with Crippen LogP contribution in [0.2, 0.25) is 5.02 Å². The summed E-state index contributed by atoms with van der Waals surface area (Å²) in [6.45, 7) is 6.19. The molecule has 0 fully saturated rings. The minimum absolute atomic E-state index is 0.313. The van der Waals surface area contributed by atoms with Crippen molar-refractivity contribution in [1.29, 1.82) is 0 Å². The average Bonchev–Trinajstić information content (AvgIpc) is 3.27. The highest BCUT2D eigenvalue weighted by atomic mass is 79.9. The molecule has 1 heterocycles. The van der Waals surface area contributed by atoms with Crippen molar-refractivity contribution in [3.05, 3.63) is 63.5 Å². The fourth-order valence-corrected chi connectivity index (χ4v) is 4.13. The first-order chi connectivity index (χ1) is 16.6. The molecule has 3 rings (SSSR count). The summed E-state index contributed by atoms with van der Waals surface area (Å²) in [6.07, 6.45) is 7.43. The highest BCUT2D eigenvalue weighted by Crippen LogP contribution is 2.28. The van der Waals surface area contributed by atoms with Gasteiger partial charge in [-0.1, -0.05) is 36.9 Å². The van der Waals surface area contributed by atoms with Crippen molar-refractivity contribution in [3.63, 3.8) is 0 Å². The number of carbonyl (C=O) groups excluding carboxylic acids is 1. The Kier molecular flexibility index (Phi) is 9.75. The maximum atomic E-state index is 13.9. The molecule has 0 unspecified atom stereocenters. The molecule has 0 aliphatic carbocycles. The molecule has 188 valence electrons. The van der Waals surface area contributed by atoms with Crippen molar-refractivity contribution >= 4 is 33.6 Å². The number of halogens is 3. The number of unbranched alkanes of at least 4 members (excludes halogenated alkanes) is 4. The maximum absolute atomic E-state index is 13.9. The lowest BCUT2D eigenvalue weighted by molar-refractivity contribution is 0.0527. The number of H-pyrrole nitrogens is 1. The van der Waals surface area contributed by atoms with E-state index in [1.807, 2.05) is 39.0 Å². The third kappa shape index (κ3) is 8.65. The number of aromatic amines is 1. The van der Waals surface area contributed by atoms with E-state index in [1.165, 1.54) is 6.07 Å². The zero-order valence-corrected chi connectivity index (χ0v) is 22.7. The van der Waals surface area contributed by atoms with E-state index >= 15 is 0 Å². The van der Waals surface area contributed by atoms with E-state index in [0.717, 1.165) is 71.8 Å². The Labute approximate surface area is 220 Å². The van der Waals surface area contributed by atoms with Crippen LogP contribution in [-0.4, -0.2) is 28.2 Å². The van der Waals surface area contributed by atoms with Crippen LogP contribution >= 0.6 is 27.5 Å². The maximum Gasteiger partial charge on any atom is 0.407 e. The van der Waals surface area contributed by atoms with Gasteiger partial charge in [0.05, 0.1) is 16.4 Å². The van der Waals surface area contributed by atoms with Gasteiger partial charge >= 0.3 is 6.09 Å². The number of nitrogens with zero attached hydrogens (tertiary/aromatic N) is 1. The number of ether oxygens (including phenoxy) is 1. The molecule has 0 spiro atoms. The van der Waals surface area contributed by atoms with Crippen molar-refractivity contribution in [1.82, 2.24) is 15.3 Å². The van der Waals surface area contributed by atoms with Crippen LogP contribution in [0.25, 0.3) is 22.6 Å². The molecule has 0 saturated heterocycles. The molecule has 0 bridgehead atoms. The van der Waals surface area contributed by atoms with Gasteiger partial charge in [-0.25, -0.2) is 14.2 Å². The summed E-state index contributed by atoms with van der Waals surface area (Å²) in [5.41, 5.74) is 3.05. The summed E-state index contributed by atoms with van der Waals surface area (Å²) >= 11 is 9.63. The number of hydrogen-bond donors (Lipinski definition) is 2. The SMILES string of the molecule is CC(C)(C)OC(=O)NCCCCCCCc1cc(-c2ncc(-c3ccc(Br)c(F)c3)[nH]2)ccc1Cl. The predicted molar refractivity (Wildman–Crippen MR) is 143 cm³/mol. The zero-order chi connectivity index (χ0) is 25.4. The number of hydrogen-bond acceptors (Lipinski definition) is 3. The van der Waals surface area contributed by atoms with Crippen LogP contribution in [-0.2, 0) is 11.2 Å². The summed E-state index contributed by atoms with van der Waals surface area (Å²) < 4.78 is 19.6. The minimum Gasteiger partial charge on any atom is -0.444 e. The molecule has 35 heavy (non-hydrogen) atoms. The van der Waals surface area contributed by atoms with E-state index in [2.05, 4.69) is 37.3 Å². The highest BCUT2D eigenvalue weighted by Gasteiger charge is 2.15. The Morgan fingerprint density at radius 1 is 1.09 bits per heavy atom. The molecule has 3 aromatic rings. The number of carbonyl (C=O) groups is 1. The molecule has 0 atom stereocenters. The van der Waals surface area contributed by atoms with Crippen molar-refractivity contribution in [3.8, 4) is 22.6 Å². The molecule has 2 N–H and O–H groups in total. The van der Waals surface area contributed by atoms with Gasteiger partial charge in [0.15, 0.2) is 0 Å². The van der Waals surface area contributed by atoms with Crippen molar-refractivity contribution in [2.24, 2.45) is 0 Å². The summed E-state index contributed by atoms with van der Waals surface area (Å²) in [5.74, 6) is 0.408. The van der Waals surface area contributed by atoms with Crippen LogP contribution < -0.4 is 5.32 Å². The number of aryl methyl sites for hydroxylation is 1. The van der Waals surface area contributed by atoms with E-state index in [0.29, 0.717) is 11.0 Å². The second kappa shape index (κ2) is 12.5.